The van der Waals surface area contributed by atoms with Gasteiger partial charge in [0, 0.05) is 18.7 Å². The normalized spacial score (nSPS) is 24.1. The minimum absolute atomic E-state index is 0.109. The molecule has 1 heterocycles. The van der Waals surface area contributed by atoms with Crippen LogP contribution in [0.1, 0.15) is 31.9 Å². The summed E-state index contributed by atoms with van der Waals surface area (Å²) in [5.41, 5.74) is 1.22. The Morgan fingerprint density at radius 1 is 1.45 bits per heavy atom. The van der Waals surface area contributed by atoms with Crippen LogP contribution in [0, 0.1) is 5.92 Å². The number of nitrogens with one attached hydrogen (secondary N) is 1. The average Bonchev–Trinajstić information content (AvgIpc) is 2.49. The largest absolute Gasteiger partial charge is 0.466 e. The standard InChI is InChI=1S/C16H23NO3/c1-3-20-16(18)14-11-19-10-9-15(14)17-12(2)13-7-5-4-6-8-13/h4-8,12,14-15,17H,3,9-11H2,1-2H3/t12-,14+,15-/m1/s1. The molecule has 2 rings (SSSR count). The van der Waals surface area contributed by atoms with Gasteiger partial charge in [-0.1, -0.05) is 30.3 Å². The minimum Gasteiger partial charge on any atom is -0.466 e. The molecule has 4 nitrogen and oxygen atoms in total. The molecular formula is C16H23NO3. The highest BCUT2D eigenvalue weighted by atomic mass is 16.5. The number of hydrogen-bond acceptors (Lipinski definition) is 4. The van der Waals surface area contributed by atoms with E-state index in [1.807, 2.05) is 25.1 Å². The van der Waals surface area contributed by atoms with Gasteiger partial charge in [0.25, 0.3) is 0 Å². The summed E-state index contributed by atoms with van der Waals surface area (Å²) in [6.45, 7) is 5.49. The van der Waals surface area contributed by atoms with Crippen LogP contribution in [0.5, 0.6) is 0 Å². The third-order valence-electron chi connectivity index (χ3n) is 3.71. The molecule has 0 amide bonds. The van der Waals surface area contributed by atoms with E-state index in [9.17, 15) is 4.79 Å². The Hall–Kier alpha value is -1.39. The Morgan fingerprint density at radius 2 is 2.20 bits per heavy atom. The predicted octanol–water partition coefficient (Wildman–Crippen LogP) is 2.31. The highest BCUT2D eigenvalue weighted by Crippen LogP contribution is 2.21. The molecule has 1 N–H and O–H groups in total. The van der Waals surface area contributed by atoms with Crippen molar-refractivity contribution in [3.05, 3.63) is 35.9 Å². The molecule has 3 atom stereocenters. The van der Waals surface area contributed by atoms with Crippen LogP contribution in [-0.2, 0) is 14.3 Å². The number of rotatable bonds is 5. The van der Waals surface area contributed by atoms with E-state index < -0.39 is 0 Å². The number of carbonyl (C=O) groups excluding carboxylic acids is 1. The zero-order valence-corrected chi connectivity index (χ0v) is 12.2. The van der Waals surface area contributed by atoms with Gasteiger partial charge in [0.2, 0.25) is 0 Å². The molecule has 0 aliphatic carbocycles. The highest BCUT2D eigenvalue weighted by Gasteiger charge is 2.33. The lowest BCUT2D eigenvalue weighted by molar-refractivity contribution is -0.154. The molecule has 0 saturated carbocycles. The molecule has 1 aromatic rings. The molecule has 1 fully saturated rings. The van der Waals surface area contributed by atoms with Crippen LogP contribution in [0.15, 0.2) is 30.3 Å². The first-order chi connectivity index (χ1) is 9.72. The summed E-state index contributed by atoms with van der Waals surface area (Å²) < 4.78 is 10.6. The molecule has 0 radical (unpaired) electrons. The second kappa shape index (κ2) is 7.41. The maximum absolute atomic E-state index is 12.0. The van der Waals surface area contributed by atoms with Crippen LogP contribution in [0.4, 0.5) is 0 Å². The molecule has 0 aromatic heterocycles. The van der Waals surface area contributed by atoms with Crippen LogP contribution in [0.25, 0.3) is 0 Å². The summed E-state index contributed by atoms with van der Waals surface area (Å²) in [5, 5.41) is 3.54. The van der Waals surface area contributed by atoms with Crippen LogP contribution >= 0.6 is 0 Å². The van der Waals surface area contributed by atoms with E-state index in [1.54, 1.807) is 0 Å². The Labute approximate surface area is 120 Å². The van der Waals surface area contributed by atoms with Gasteiger partial charge in [-0.05, 0) is 25.8 Å². The summed E-state index contributed by atoms with van der Waals surface area (Å²) in [5.74, 6) is -0.375. The second-order valence-corrected chi connectivity index (χ2v) is 5.13. The Kier molecular flexibility index (Phi) is 5.56. The average molecular weight is 277 g/mol. The van der Waals surface area contributed by atoms with E-state index in [2.05, 4.69) is 24.4 Å². The summed E-state index contributed by atoms with van der Waals surface area (Å²) in [6.07, 6.45) is 0.834. The number of carbonyl (C=O) groups is 1. The van der Waals surface area contributed by atoms with Gasteiger partial charge in [-0.15, -0.1) is 0 Å². The molecule has 1 aliphatic rings. The zero-order valence-electron chi connectivity index (χ0n) is 12.2. The molecule has 4 heteroatoms. The van der Waals surface area contributed by atoms with Crippen molar-refractivity contribution in [2.45, 2.75) is 32.4 Å². The summed E-state index contributed by atoms with van der Waals surface area (Å²) in [4.78, 5) is 12.0. The Balaban J connectivity index is 2.00. The van der Waals surface area contributed by atoms with Crippen molar-refractivity contribution in [1.29, 1.82) is 0 Å². The van der Waals surface area contributed by atoms with E-state index >= 15 is 0 Å². The monoisotopic (exact) mass is 277 g/mol. The molecule has 1 aliphatic heterocycles. The van der Waals surface area contributed by atoms with Crippen molar-refractivity contribution in [2.75, 3.05) is 19.8 Å². The van der Waals surface area contributed by atoms with Crippen molar-refractivity contribution in [3.8, 4) is 0 Å². The molecule has 0 spiro atoms. The van der Waals surface area contributed by atoms with Gasteiger partial charge in [-0.25, -0.2) is 0 Å². The van der Waals surface area contributed by atoms with Crippen LogP contribution < -0.4 is 5.32 Å². The third kappa shape index (κ3) is 3.81. The molecule has 0 bridgehead atoms. The Bertz CT molecular complexity index is 421. The fourth-order valence-electron chi connectivity index (χ4n) is 2.58. The van der Waals surface area contributed by atoms with E-state index in [4.69, 9.17) is 9.47 Å². The highest BCUT2D eigenvalue weighted by molar-refractivity contribution is 5.73. The summed E-state index contributed by atoms with van der Waals surface area (Å²) >= 11 is 0. The van der Waals surface area contributed by atoms with Gasteiger partial charge in [0.1, 0.15) is 0 Å². The van der Waals surface area contributed by atoms with Gasteiger partial charge in [0.05, 0.1) is 19.1 Å². The zero-order chi connectivity index (χ0) is 14.4. The third-order valence-corrected chi connectivity index (χ3v) is 3.71. The first kappa shape index (κ1) is 15.0. The van der Waals surface area contributed by atoms with Gasteiger partial charge in [-0.3, -0.25) is 4.79 Å². The smallest absolute Gasteiger partial charge is 0.312 e. The summed E-state index contributed by atoms with van der Waals surface area (Å²) in [7, 11) is 0. The maximum atomic E-state index is 12.0. The summed E-state index contributed by atoms with van der Waals surface area (Å²) in [6, 6.07) is 10.6. The van der Waals surface area contributed by atoms with Gasteiger partial charge >= 0.3 is 5.97 Å². The number of esters is 1. The fraction of sp³-hybridized carbons (Fsp3) is 0.562. The van der Waals surface area contributed by atoms with Gasteiger partial charge in [-0.2, -0.15) is 0 Å². The van der Waals surface area contributed by atoms with E-state index in [-0.39, 0.29) is 24.0 Å². The quantitative estimate of drug-likeness (QED) is 0.839. The molecule has 1 aromatic carbocycles. The number of benzene rings is 1. The van der Waals surface area contributed by atoms with E-state index in [0.717, 1.165) is 6.42 Å². The van der Waals surface area contributed by atoms with Crippen molar-refractivity contribution >= 4 is 5.97 Å². The van der Waals surface area contributed by atoms with Crippen LogP contribution in [0.2, 0.25) is 0 Å². The van der Waals surface area contributed by atoms with E-state index in [1.165, 1.54) is 5.56 Å². The lowest BCUT2D eigenvalue weighted by Crippen LogP contribution is -2.47. The topological polar surface area (TPSA) is 47.6 Å². The molecule has 1 saturated heterocycles. The lowest BCUT2D eigenvalue weighted by Gasteiger charge is -2.33. The lowest BCUT2D eigenvalue weighted by atomic mass is 9.94. The first-order valence-corrected chi connectivity index (χ1v) is 7.27. The molecule has 20 heavy (non-hydrogen) atoms. The number of hydrogen-bond donors (Lipinski definition) is 1. The second-order valence-electron chi connectivity index (χ2n) is 5.13. The van der Waals surface area contributed by atoms with Gasteiger partial charge in [0.15, 0.2) is 0 Å². The van der Waals surface area contributed by atoms with Crippen molar-refractivity contribution in [1.82, 2.24) is 5.32 Å². The number of ether oxygens (including phenoxy) is 2. The molecule has 110 valence electrons. The molecule has 0 unspecified atom stereocenters. The Morgan fingerprint density at radius 3 is 2.90 bits per heavy atom. The predicted molar refractivity (Wildman–Crippen MR) is 77.3 cm³/mol. The minimum atomic E-state index is -0.213. The van der Waals surface area contributed by atoms with Gasteiger partial charge < -0.3 is 14.8 Å². The van der Waals surface area contributed by atoms with Crippen molar-refractivity contribution < 1.29 is 14.3 Å². The van der Waals surface area contributed by atoms with Crippen LogP contribution in [-0.4, -0.2) is 31.8 Å². The first-order valence-electron chi connectivity index (χ1n) is 7.27. The van der Waals surface area contributed by atoms with E-state index in [0.29, 0.717) is 19.8 Å². The van der Waals surface area contributed by atoms with Crippen molar-refractivity contribution in [3.63, 3.8) is 0 Å². The molecular weight excluding hydrogens is 254 g/mol. The fourth-order valence-corrected chi connectivity index (χ4v) is 2.58. The van der Waals surface area contributed by atoms with Crippen molar-refractivity contribution in [2.24, 2.45) is 5.92 Å². The SMILES string of the molecule is CCOC(=O)[C@H]1COCC[C@H]1N[C@H](C)c1ccccc1. The maximum Gasteiger partial charge on any atom is 0.312 e. The van der Waals surface area contributed by atoms with Crippen LogP contribution in [0.3, 0.4) is 0 Å².